The molecule has 3 rings (SSSR count). The van der Waals surface area contributed by atoms with E-state index in [1.165, 1.54) is 6.07 Å². The van der Waals surface area contributed by atoms with Crippen molar-refractivity contribution in [2.75, 3.05) is 0 Å². The number of hydrogen-bond acceptors (Lipinski definition) is 2. The zero-order chi connectivity index (χ0) is 13.6. The van der Waals surface area contributed by atoms with Crippen molar-refractivity contribution in [3.05, 3.63) is 53.6 Å². The van der Waals surface area contributed by atoms with E-state index in [0.717, 1.165) is 16.2 Å². The molecule has 0 atom stereocenters. The minimum atomic E-state index is -4.36. The van der Waals surface area contributed by atoms with Crippen molar-refractivity contribution in [3.8, 4) is 0 Å². The van der Waals surface area contributed by atoms with Crippen molar-refractivity contribution in [2.45, 2.75) is 4.90 Å². The Hall–Kier alpha value is 0.0164. The summed E-state index contributed by atoms with van der Waals surface area (Å²) in [5.41, 5.74) is 0. The topological polar surface area (TPSA) is 54.4 Å². The SMILES string of the molecule is O=S(=O)(O)c1c(Cl)ccc2c1ccc1ccccc12.[K]. The molecule has 0 spiro atoms. The minimum absolute atomic E-state index is 0. The molecule has 1 N–H and O–H groups in total. The van der Waals surface area contributed by atoms with Gasteiger partial charge in [-0.05, 0) is 22.2 Å². The molecule has 3 aromatic carbocycles. The molecule has 0 aliphatic rings. The van der Waals surface area contributed by atoms with Gasteiger partial charge in [-0.15, -0.1) is 0 Å². The van der Waals surface area contributed by atoms with Gasteiger partial charge >= 0.3 is 0 Å². The largest absolute Gasteiger partial charge is 0.296 e. The van der Waals surface area contributed by atoms with Crippen LogP contribution < -0.4 is 0 Å². The number of hydrogen-bond donors (Lipinski definition) is 1. The summed E-state index contributed by atoms with van der Waals surface area (Å²) in [5, 5.41) is 3.11. The van der Waals surface area contributed by atoms with E-state index in [2.05, 4.69) is 0 Å². The third-order valence-electron chi connectivity index (χ3n) is 3.09. The molecule has 0 heterocycles. The third kappa shape index (κ3) is 2.82. The van der Waals surface area contributed by atoms with Crippen LogP contribution >= 0.6 is 11.6 Å². The van der Waals surface area contributed by atoms with E-state index in [9.17, 15) is 13.0 Å². The van der Waals surface area contributed by atoms with Crippen LogP contribution in [-0.4, -0.2) is 64.4 Å². The van der Waals surface area contributed by atoms with Crippen LogP contribution in [-0.2, 0) is 10.1 Å². The molecule has 0 aliphatic heterocycles. The summed E-state index contributed by atoms with van der Waals surface area (Å²) in [4.78, 5) is -0.239. The van der Waals surface area contributed by atoms with Crippen LogP contribution in [0.5, 0.6) is 0 Å². The van der Waals surface area contributed by atoms with Crippen molar-refractivity contribution < 1.29 is 13.0 Å². The first-order chi connectivity index (χ1) is 8.98. The van der Waals surface area contributed by atoms with E-state index in [4.69, 9.17) is 11.6 Å². The van der Waals surface area contributed by atoms with E-state index in [1.54, 1.807) is 12.1 Å². The Balaban J connectivity index is 0.00000147. The molecular formula is C14H9ClKO3S. The maximum atomic E-state index is 11.5. The molecule has 0 amide bonds. The number of fused-ring (bicyclic) bond motifs is 3. The fraction of sp³-hybridized carbons (Fsp3) is 0. The Morgan fingerprint density at radius 1 is 0.850 bits per heavy atom. The average molecular weight is 332 g/mol. The van der Waals surface area contributed by atoms with E-state index < -0.39 is 10.1 Å². The maximum absolute atomic E-state index is 11.5. The van der Waals surface area contributed by atoms with Gasteiger partial charge in [0.1, 0.15) is 4.90 Å². The van der Waals surface area contributed by atoms with E-state index in [1.807, 2.05) is 30.3 Å². The van der Waals surface area contributed by atoms with Crippen LogP contribution in [0.25, 0.3) is 21.5 Å². The summed E-state index contributed by atoms with van der Waals surface area (Å²) in [6.45, 7) is 0. The molecule has 0 bridgehead atoms. The van der Waals surface area contributed by atoms with Crippen LogP contribution in [0.2, 0.25) is 5.02 Å². The van der Waals surface area contributed by atoms with Crippen LogP contribution in [0.1, 0.15) is 0 Å². The molecule has 0 saturated heterocycles. The number of rotatable bonds is 1. The Labute approximate surface area is 164 Å². The predicted molar refractivity (Wildman–Crippen MR) is 82.0 cm³/mol. The van der Waals surface area contributed by atoms with E-state index in [-0.39, 0.29) is 61.3 Å². The summed E-state index contributed by atoms with van der Waals surface area (Å²) in [5.74, 6) is 0. The molecule has 0 aromatic heterocycles. The second kappa shape index (κ2) is 6.02. The van der Waals surface area contributed by atoms with Crippen molar-refractivity contribution >= 4 is 94.6 Å². The molecule has 3 aromatic rings. The van der Waals surface area contributed by atoms with Gasteiger partial charge in [0, 0.05) is 56.8 Å². The monoisotopic (exact) mass is 331 g/mol. The fourth-order valence-electron chi connectivity index (χ4n) is 2.30. The predicted octanol–water partition coefficient (Wildman–Crippen LogP) is 3.51. The van der Waals surface area contributed by atoms with Crippen molar-refractivity contribution in [3.63, 3.8) is 0 Å². The molecule has 6 heteroatoms. The molecule has 0 saturated carbocycles. The molecule has 20 heavy (non-hydrogen) atoms. The summed E-state index contributed by atoms with van der Waals surface area (Å²) >= 11 is 5.90. The van der Waals surface area contributed by atoms with Crippen LogP contribution in [0, 0.1) is 0 Å². The van der Waals surface area contributed by atoms with Crippen molar-refractivity contribution in [2.24, 2.45) is 0 Å². The molecule has 0 unspecified atom stereocenters. The normalized spacial score (nSPS) is 11.5. The van der Waals surface area contributed by atoms with Crippen molar-refractivity contribution in [1.82, 2.24) is 0 Å². The van der Waals surface area contributed by atoms with E-state index >= 15 is 0 Å². The molecule has 0 fully saturated rings. The minimum Gasteiger partial charge on any atom is -0.282 e. The van der Waals surface area contributed by atoms with Gasteiger partial charge < -0.3 is 0 Å². The smallest absolute Gasteiger partial charge is 0.282 e. The molecule has 3 nitrogen and oxygen atoms in total. The van der Waals surface area contributed by atoms with Gasteiger partial charge in [-0.2, -0.15) is 8.42 Å². The van der Waals surface area contributed by atoms with Crippen molar-refractivity contribution in [1.29, 1.82) is 0 Å². The van der Waals surface area contributed by atoms with Gasteiger partial charge in [0.25, 0.3) is 10.1 Å². The number of benzene rings is 3. The third-order valence-corrected chi connectivity index (χ3v) is 4.47. The summed E-state index contributed by atoms with van der Waals surface area (Å²) < 4.78 is 32.3. The summed E-state index contributed by atoms with van der Waals surface area (Å²) in [7, 11) is -4.36. The zero-order valence-corrected chi connectivity index (χ0v) is 15.4. The van der Waals surface area contributed by atoms with Gasteiger partial charge in [-0.3, -0.25) is 4.55 Å². The van der Waals surface area contributed by atoms with Crippen LogP contribution in [0.4, 0.5) is 0 Å². The average Bonchev–Trinajstić information content (AvgIpc) is 2.36. The summed E-state index contributed by atoms with van der Waals surface area (Å²) in [6, 6.07) is 14.3. The summed E-state index contributed by atoms with van der Waals surface area (Å²) in [6.07, 6.45) is 0. The quantitative estimate of drug-likeness (QED) is 0.422. The van der Waals surface area contributed by atoms with Gasteiger partial charge in [0.05, 0.1) is 5.02 Å². The Kier molecular flexibility index (Phi) is 4.93. The molecule has 97 valence electrons. The Morgan fingerprint density at radius 3 is 2.20 bits per heavy atom. The van der Waals surface area contributed by atoms with E-state index in [0.29, 0.717) is 5.39 Å². The van der Waals surface area contributed by atoms with Gasteiger partial charge in [-0.1, -0.05) is 54.1 Å². The fourth-order valence-corrected chi connectivity index (χ4v) is 3.52. The Morgan fingerprint density at radius 2 is 1.50 bits per heavy atom. The standard InChI is InChI=1S/C14H9ClO3S.K/c15-13-8-7-11-10-4-2-1-3-9(10)5-6-12(11)14(13)19(16,17)18;/h1-8H,(H,16,17,18);. The first kappa shape index (κ1) is 16.4. The molecular weight excluding hydrogens is 323 g/mol. The number of halogens is 1. The Bertz CT molecular complexity index is 907. The second-order valence-electron chi connectivity index (χ2n) is 4.23. The van der Waals surface area contributed by atoms with Gasteiger partial charge in [0.2, 0.25) is 0 Å². The van der Waals surface area contributed by atoms with Gasteiger partial charge in [-0.25, -0.2) is 0 Å². The molecule has 1 radical (unpaired) electrons. The molecule has 0 aliphatic carbocycles. The van der Waals surface area contributed by atoms with Crippen LogP contribution in [0.15, 0.2) is 53.4 Å². The first-order valence-corrected chi connectivity index (χ1v) is 7.38. The van der Waals surface area contributed by atoms with Crippen LogP contribution in [0.3, 0.4) is 0 Å². The maximum Gasteiger partial charge on any atom is 0.296 e. The first-order valence-electron chi connectivity index (χ1n) is 5.56. The zero-order valence-electron chi connectivity index (χ0n) is 10.7. The second-order valence-corrected chi connectivity index (χ2v) is 6.00. The van der Waals surface area contributed by atoms with Gasteiger partial charge in [0.15, 0.2) is 0 Å².